The summed E-state index contributed by atoms with van der Waals surface area (Å²) in [5.41, 5.74) is 3.46. The first-order chi connectivity index (χ1) is 13.7. The average molecular weight is 436 g/mol. The van der Waals surface area contributed by atoms with Crippen molar-refractivity contribution in [2.75, 3.05) is 11.9 Å². The number of carbonyl (C=O) groups excluding carboxylic acids is 1. The number of benzene rings is 2. The molecular formula is C22H18BrN3O2. The number of anilines is 1. The van der Waals surface area contributed by atoms with E-state index in [1.54, 1.807) is 0 Å². The fourth-order valence-corrected chi connectivity index (χ4v) is 3.09. The Morgan fingerprint density at radius 1 is 1.00 bits per heavy atom. The molecule has 0 saturated heterocycles. The topological polar surface area (TPSA) is 55.6 Å². The van der Waals surface area contributed by atoms with E-state index in [2.05, 4.69) is 26.2 Å². The van der Waals surface area contributed by atoms with Gasteiger partial charge in [0.2, 0.25) is 5.91 Å². The first-order valence-corrected chi connectivity index (χ1v) is 9.69. The molecule has 0 fully saturated rings. The van der Waals surface area contributed by atoms with E-state index in [0.29, 0.717) is 6.61 Å². The van der Waals surface area contributed by atoms with E-state index in [9.17, 15) is 4.79 Å². The van der Waals surface area contributed by atoms with Crippen molar-refractivity contribution in [3.05, 3.63) is 83.6 Å². The van der Waals surface area contributed by atoms with Gasteiger partial charge in [0.1, 0.15) is 11.4 Å². The lowest BCUT2D eigenvalue weighted by Crippen LogP contribution is -2.15. The third-order valence-electron chi connectivity index (χ3n) is 4.22. The lowest BCUT2D eigenvalue weighted by Gasteiger charge is -2.07. The van der Waals surface area contributed by atoms with Gasteiger partial charge in [-0.15, -0.1) is 0 Å². The second-order valence-corrected chi connectivity index (χ2v) is 7.19. The summed E-state index contributed by atoms with van der Waals surface area (Å²) in [4.78, 5) is 16.8. The van der Waals surface area contributed by atoms with Crippen LogP contribution in [0, 0.1) is 0 Å². The maximum atomic E-state index is 12.2. The van der Waals surface area contributed by atoms with Gasteiger partial charge in [0, 0.05) is 22.4 Å². The Hall–Kier alpha value is -3.12. The van der Waals surface area contributed by atoms with Crippen molar-refractivity contribution in [3.8, 4) is 17.0 Å². The Morgan fingerprint density at radius 3 is 2.57 bits per heavy atom. The molecule has 2 aromatic carbocycles. The molecule has 1 N–H and O–H groups in total. The lowest BCUT2D eigenvalue weighted by atomic mass is 10.2. The number of imidazole rings is 1. The van der Waals surface area contributed by atoms with Crippen molar-refractivity contribution in [1.82, 2.24) is 9.38 Å². The number of aromatic nitrogens is 2. The summed E-state index contributed by atoms with van der Waals surface area (Å²) in [5.74, 6) is 0.666. The number of hydrogen-bond acceptors (Lipinski definition) is 3. The molecule has 0 aliphatic heterocycles. The maximum Gasteiger partial charge on any atom is 0.227 e. The normalized spacial score (nSPS) is 10.8. The van der Waals surface area contributed by atoms with Crippen molar-refractivity contribution < 1.29 is 9.53 Å². The molecule has 0 radical (unpaired) electrons. The van der Waals surface area contributed by atoms with E-state index in [1.165, 1.54) is 0 Å². The van der Waals surface area contributed by atoms with Crippen LogP contribution < -0.4 is 10.1 Å². The summed E-state index contributed by atoms with van der Waals surface area (Å²) < 4.78 is 8.51. The van der Waals surface area contributed by atoms with Crippen molar-refractivity contribution in [1.29, 1.82) is 0 Å². The predicted molar refractivity (Wildman–Crippen MR) is 114 cm³/mol. The van der Waals surface area contributed by atoms with E-state index in [-0.39, 0.29) is 12.3 Å². The quantitative estimate of drug-likeness (QED) is 0.454. The number of nitrogens with one attached hydrogen (secondary N) is 1. The van der Waals surface area contributed by atoms with Crippen molar-refractivity contribution in [3.63, 3.8) is 0 Å². The van der Waals surface area contributed by atoms with Gasteiger partial charge in [-0.1, -0.05) is 46.3 Å². The number of hydrogen-bond donors (Lipinski definition) is 1. The van der Waals surface area contributed by atoms with Crippen molar-refractivity contribution >= 4 is 33.2 Å². The van der Waals surface area contributed by atoms with Crippen LogP contribution in [0.2, 0.25) is 0 Å². The zero-order chi connectivity index (χ0) is 19.3. The molecule has 5 nitrogen and oxygen atoms in total. The van der Waals surface area contributed by atoms with E-state index in [1.807, 2.05) is 83.5 Å². The SMILES string of the molecule is O=C(CCOc1ccccc1)Nc1ccc2nc(-c3ccc(Br)cc3)cn2c1. The molecule has 0 unspecified atom stereocenters. The highest BCUT2D eigenvalue weighted by Gasteiger charge is 2.07. The number of pyridine rings is 1. The molecule has 4 rings (SSSR count). The van der Waals surface area contributed by atoms with Crippen LogP contribution in [0.5, 0.6) is 5.75 Å². The Bertz CT molecular complexity index is 1090. The molecule has 140 valence electrons. The van der Waals surface area contributed by atoms with Gasteiger partial charge in [-0.2, -0.15) is 0 Å². The van der Waals surface area contributed by atoms with Crippen LogP contribution in [0.15, 0.2) is 83.6 Å². The Kier molecular flexibility index (Phi) is 5.39. The molecule has 0 spiro atoms. The molecule has 2 aromatic heterocycles. The summed E-state index contributed by atoms with van der Waals surface area (Å²) in [6.07, 6.45) is 4.09. The van der Waals surface area contributed by atoms with Gasteiger partial charge in [0.15, 0.2) is 0 Å². The minimum absolute atomic E-state index is 0.0940. The van der Waals surface area contributed by atoms with Crippen LogP contribution >= 0.6 is 15.9 Å². The number of amides is 1. The Labute approximate surface area is 171 Å². The average Bonchev–Trinajstić information content (AvgIpc) is 3.13. The van der Waals surface area contributed by atoms with E-state index in [4.69, 9.17) is 4.74 Å². The molecule has 0 saturated carbocycles. The molecule has 4 aromatic rings. The minimum Gasteiger partial charge on any atom is -0.493 e. The highest BCUT2D eigenvalue weighted by Crippen LogP contribution is 2.22. The highest BCUT2D eigenvalue weighted by molar-refractivity contribution is 9.10. The summed E-state index contributed by atoms with van der Waals surface area (Å²) in [7, 11) is 0. The van der Waals surface area contributed by atoms with Gasteiger partial charge in [0.05, 0.1) is 24.4 Å². The van der Waals surface area contributed by atoms with Gasteiger partial charge < -0.3 is 14.5 Å². The molecule has 6 heteroatoms. The number of para-hydroxylation sites is 1. The van der Waals surface area contributed by atoms with Crippen LogP contribution in [0.3, 0.4) is 0 Å². The minimum atomic E-state index is -0.0940. The lowest BCUT2D eigenvalue weighted by molar-refractivity contribution is -0.116. The third-order valence-corrected chi connectivity index (χ3v) is 4.74. The van der Waals surface area contributed by atoms with Crippen molar-refractivity contribution in [2.24, 2.45) is 0 Å². The van der Waals surface area contributed by atoms with Crippen LogP contribution in [0.4, 0.5) is 5.69 Å². The maximum absolute atomic E-state index is 12.2. The molecule has 0 bridgehead atoms. The first-order valence-electron chi connectivity index (χ1n) is 8.90. The second-order valence-electron chi connectivity index (χ2n) is 6.28. The molecule has 0 atom stereocenters. The summed E-state index contributed by atoms with van der Waals surface area (Å²) in [6.45, 7) is 0.330. The van der Waals surface area contributed by atoms with Gasteiger partial charge in [-0.25, -0.2) is 4.98 Å². The van der Waals surface area contributed by atoms with Crippen molar-refractivity contribution in [2.45, 2.75) is 6.42 Å². The summed E-state index contributed by atoms with van der Waals surface area (Å²) in [5, 5.41) is 2.90. The number of ether oxygens (including phenoxy) is 1. The Morgan fingerprint density at radius 2 is 1.79 bits per heavy atom. The fourth-order valence-electron chi connectivity index (χ4n) is 2.83. The van der Waals surface area contributed by atoms with E-state index < -0.39 is 0 Å². The number of fused-ring (bicyclic) bond motifs is 1. The second kappa shape index (κ2) is 8.27. The molecule has 0 aliphatic rings. The molecule has 1 amide bonds. The molecule has 28 heavy (non-hydrogen) atoms. The summed E-state index contributed by atoms with van der Waals surface area (Å²) in [6, 6.07) is 21.2. The van der Waals surface area contributed by atoms with Crippen LogP contribution in [0.25, 0.3) is 16.9 Å². The van der Waals surface area contributed by atoms with Gasteiger partial charge in [-0.05, 0) is 36.4 Å². The number of halogens is 1. The smallest absolute Gasteiger partial charge is 0.227 e. The predicted octanol–water partition coefficient (Wildman–Crippen LogP) is 5.17. The van der Waals surface area contributed by atoms with Gasteiger partial charge >= 0.3 is 0 Å². The monoisotopic (exact) mass is 435 g/mol. The number of carbonyl (C=O) groups is 1. The van der Waals surface area contributed by atoms with E-state index in [0.717, 1.165) is 32.8 Å². The molecular weight excluding hydrogens is 418 g/mol. The zero-order valence-electron chi connectivity index (χ0n) is 15.0. The first kappa shape index (κ1) is 18.3. The number of nitrogens with zero attached hydrogens (tertiary/aromatic N) is 2. The molecule has 0 aliphatic carbocycles. The fraction of sp³-hybridized carbons (Fsp3) is 0.0909. The van der Waals surface area contributed by atoms with Crippen LogP contribution in [0.1, 0.15) is 6.42 Å². The largest absolute Gasteiger partial charge is 0.493 e. The van der Waals surface area contributed by atoms with E-state index >= 15 is 0 Å². The third kappa shape index (κ3) is 4.40. The zero-order valence-corrected chi connectivity index (χ0v) is 16.6. The van der Waals surface area contributed by atoms with Crippen LogP contribution in [-0.4, -0.2) is 21.9 Å². The Balaban J connectivity index is 1.40. The highest BCUT2D eigenvalue weighted by atomic mass is 79.9. The van der Waals surface area contributed by atoms with Gasteiger partial charge in [0.25, 0.3) is 0 Å². The number of rotatable bonds is 6. The summed E-state index contributed by atoms with van der Waals surface area (Å²) >= 11 is 3.44. The standard InChI is InChI=1S/C22H18BrN3O2/c23-17-8-6-16(7-9-17)20-15-26-14-18(10-11-21(26)25-20)24-22(27)12-13-28-19-4-2-1-3-5-19/h1-11,14-15H,12-13H2,(H,24,27). The molecule has 2 heterocycles. The van der Waals surface area contributed by atoms with Gasteiger partial charge in [-0.3, -0.25) is 4.79 Å². The van der Waals surface area contributed by atoms with Crippen LogP contribution in [-0.2, 0) is 4.79 Å².